The third kappa shape index (κ3) is 1.69. The molecular formula is C7H5BrFI. The predicted molar refractivity (Wildman–Crippen MR) is 51.8 cm³/mol. The van der Waals surface area contributed by atoms with E-state index in [-0.39, 0.29) is 5.82 Å². The zero-order valence-electron chi connectivity index (χ0n) is 5.07. The minimum Gasteiger partial charge on any atom is -0.205 e. The van der Waals surface area contributed by atoms with Crippen molar-refractivity contribution < 1.29 is 4.39 Å². The first kappa shape index (κ1) is 8.46. The van der Waals surface area contributed by atoms with Gasteiger partial charge in [0.1, 0.15) is 5.82 Å². The van der Waals surface area contributed by atoms with Crippen LogP contribution in [0.25, 0.3) is 0 Å². The molecule has 0 bridgehead atoms. The highest BCUT2D eigenvalue weighted by Gasteiger charge is 2.02. The van der Waals surface area contributed by atoms with Crippen LogP contribution in [0.3, 0.4) is 0 Å². The zero-order valence-corrected chi connectivity index (χ0v) is 8.82. The molecule has 1 rings (SSSR count). The van der Waals surface area contributed by atoms with Crippen LogP contribution < -0.4 is 0 Å². The summed E-state index contributed by atoms with van der Waals surface area (Å²) in [6.45, 7) is 0. The van der Waals surface area contributed by atoms with Gasteiger partial charge in [-0.05, 0) is 27.6 Å². The molecule has 0 heterocycles. The minimum absolute atomic E-state index is 0.142. The van der Waals surface area contributed by atoms with Gasteiger partial charge in [-0.15, -0.1) is 0 Å². The molecule has 0 amide bonds. The Morgan fingerprint density at radius 2 is 2.20 bits per heavy atom. The zero-order chi connectivity index (χ0) is 7.56. The maximum Gasteiger partial charge on any atom is 0.141 e. The lowest BCUT2D eigenvalue weighted by atomic mass is 10.2. The lowest BCUT2D eigenvalue weighted by Crippen LogP contribution is -1.85. The molecule has 0 spiro atoms. The summed E-state index contributed by atoms with van der Waals surface area (Å²) in [5.74, 6) is -0.142. The van der Waals surface area contributed by atoms with E-state index in [0.717, 1.165) is 5.56 Å². The summed E-state index contributed by atoms with van der Waals surface area (Å²) in [6, 6.07) is 5.32. The van der Waals surface area contributed by atoms with E-state index < -0.39 is 0 Å². The summed E-state index contributed by atoms with van der Waals surface area (Å²) >= 11 is 5.24. The van der Waals surface area contributed by atoms with E-state index in [1.165, 1.54) is 0 Å². The Labute approximate surface area is 81.1 Å². The molecule has 1 aromatic carbocycles. The second-order valence-electron chi connectivity index (χ2n) is 1.85. The van der Waals surface area contributed by atoms with Gasteiger partial charge >= 0.3 is 0 Å². The average Bonchev–Trinajstić information content (AvgIpc) is 1.95. The van der Waals surface area contributed by atoms with Crippen LogP contribution in [0, 0.1) is 5.82 Å². The molecule has 3 heteroatoms. The van der Waals surface area contributed by atoms with Gasteiger partial charge in [0, 0.05) is 4.43 Å². The van der Waals surface area contributed by atoms with Gasteiger partial charge in [0.25, 0.3) is 0 Å². The predicted octanol–water partition coefficient (Wildman–Crippen LogP) is 3.52. The number of rotatable bonds is 1. The van der Waals surface area contributed by atoms with Crippen molar-refractivity contribution >= 4 is 38.5 Å². The fourth-order valence-electron chi connectivity index (χ4n) is 0.652. The summed E-state index contributed by atoms with van der Waals surface area (Å²) in [5, 5.41) is 0. The Balaban J connectivity index is 3.14. The largest absolute Gasteiger partial charge is 0.205 e. The van der Waals surface area contributed by atoms with Crippen LogP contribution in [0.2, 0.25) is 0 Å². The van der Waals surface area contributed by atoms with E-state index in [0.29, 0.717) is 8.90 Å². The first-order valence-electron chi connectivity index (χ1n) is 2.74. The van der Waals surface area contributed by atoms with Gasteiger partial charge in [0.05, 0.1) is 4.47 Å². The molecule has 10 heavy (non-hydrogen) atoms. The van der Waals surface area contributed by atoms with Crippen LogP contribution in [0.15, 0.2) is 22.7 Å². The standard InChI is InChI=1S/C7H5BrFI/c8-6-3-1-2-5(4-10)7(6)9/h1-3H,4H2. The number of alkyl halides is 1. The maximum atomic E-state index is 13.0. The molecule has 0 N–H and O–H groups in total. The van der Waals surface area contributed by atoms with E-state index in [2.05, 4.69) is 38.5 Å². The van der Waals surface area contributed by atoms with Crippen molar-refractivity contribution in [3.05, 3.63) is 34.1 Å². The van der Waals surface area contributed by atoms with Crippen molar-refractivity contribution in [3.8, 4) is 0 Å². The van der Waals surface area contributed by atoms with Crippen molar-refractivity contribution in [2.45, 2.75) is 4.43 Å². The normalized spacial score (nSPS) is 9.90. The molecule has 0 unspecified atom stereocenters. The Kier molecular flexibility index (Phi) is 3.10. The van der Waals surface area contributed by atoms with Crippen LogP contribution in [0.5, 0.6) is 0 Å². The van der Waals surface area contributed by atoms with Gasteiger partial charge in [0.2, 0.25) is 0 Å². The van der Waals surface area contributed by atoms with E-state index >= 15 is 0 Å². The van der Waals surface area contributed by atoms with Gasteiger partial charge in [-0.1, -0.05) is 34.7 Å². The summed E-state index contributed by atoms with van der Waals surface area (Å²) in [7, 11) is 0. The highest BCUT2D eigenvalue weighted by atomic mass is 127. The van der Waals surface area contributed by atoms with Crippen LogP contribution in [0.1, 0.15) is 5.56 Å². The number of benzene rings is 1. The second kappa shape index (κ2) is 3.67. The third-order valence-corrected chi connectivity index (χ3v) is 2.61. The van der Waals surface area contributed by atoms with Crippen molar-refractivity contribution in [2.24, 2.45) is 0 Å². The van der Waals surface area contributed by atoms with Crippen molar-refractivity contribution in [1.29, 1.82) is 0 Å². The summed E-state index contributed by atoms with van der Waals surface area (Å²) in [4.78, 5) is 0. The smallest absolute Gasteiger partial charge is 0.141 e. The quantitative estimate of drug-likeness (QED) is 0.549. The van der Waals surface area contributed by atoms with Gasteiger partial charge in [-0.25, -0.2) is 4.39 Å². The van der Waals surface area contributed by atoms with E-state index in [9.17, 15) is 4.39 Å². The van der Waals surface area contributed by atoms with E-state index in [1.807, 2.05) is 6.07 Å². The molecule has 1 aromatic rings. The highest BCUT2D eigenvalue weighted by molar-refractivity contribution is 14.1. The molecule has 0 aliphatic carbocycles. The lowest BCUT2D eigenvalue weighted by molar-refractivity contribution is 0.611. The molecule has 0 saturated carbocycles. The number of halogens is 3. The molecule has 0 saturated heterocycles. The Hall–Kier alpha value is 0.360. The van der Waals surface area contributed by atoms with Gasteiger partial charge in [-0.3, -0.25) is 0 Å². The van der Waals surface area contributed by atoms with Crippen molar-refractivity contribution in [3.63, 3.8) is 0 Å². The van der Waals surface area contributed by atoms with Crippen molar-refractivity contribution in [1.82, 2.24) is 0 Å². The highest BCUT2D eigenvalue weighted by Crippen LogP contribution is 2.20. The Bertz CT molecular complexity index is 237. The fraction of sp³-hybridized carbons (Fsp3) is 0.143. The summed E-state index contributed by atoms with van der Waals surface area (Å²) < 4.78 is 14.2. The topological polar surface area (TPSA) is 0 Å². The lowest BCUT2D eigenvalue weighted by Gasteiger charge is -1.98. The minimum atomic E-state index is -0.142. The molecule has 0 aliphatic heterocycles. The monoisotopic (exact) mass is 314 g/mol. The number of hydrogen-bond acceptors (Lipinski definition) is 0. The molecule has 0 radical (unpaired) electrons. The van der Waals surface area contributed by atoms with E-state index in [1.54, 1.807) is 12.1 Å². The van der Waals surface area contributed by atoms with Crippen LogP contribution in [-0.2, 0) is 4.43 Å². The van der Waals surface area contributed by atoms with Gasteiger partial charge in [0.15, 0.2) is 0 Å². The molecule has 0 aliphatic rings. The average molecular weight is 315 g/mol. The summed E-state index contributed by atoms with van der Waals surface area (Å²) in [5.41, 5.74) is 0.745. The molecule has 54 valence electrons. The van der Waals surface area contributed by atoms with Crippen LogP contribution in [-0.4, -0.2) is 0 Å². The summed E-state index contributed by atoms with van der Waals surface area (Å²) in [6.07, 6.45) is 0. The fourth-order valence-corrected chi connectivity index (χ4v) is 1.65. The third-order valence-electron chi connectivity index (χ3n) is 1.18. The SMILES string of the molecule is Fc1c(Br)cccc1CI. The first-order valence-corrected chi connectivity index (χ1v) is 5.06. The second-order valence-corrected chi connectivity index (χ2v) is 3.46. The number of hydrogen-bond donors (Lipinski definition) is 0. The van der Waals surface area contributed by atoms with Crippen molar-refractivity contribution in [2.75, 3.05) is 0 Å². The molecule has 0 nitrogen and oxygen atoms in total. The first-order chi connectivity index (χ1) is 4.75. The van der Waals surface area contributed by atoms with Crippen LogP contribution >= 0.6 is 38.5 Å². The Morgan fingerprint density at radius 3 is 2.70 bits per heavy atom. The molecule has 0 aromatic heterocycles. The van der Waals surface area contributed by atoms with Crippen LogP contribution in [0.4, 0.5) is 4.39 Å². The van der Waals surface area contributed by atoms with Gasteiger partial charge in [-0.2, -0.15) is 0 Å². The Morgan fingerprint density at radius 1 is 1.50 bits per heavy atom. The molecule has 0 atom stereocenters. The maximum absolute atomic E-state index is 13.0. The van der Waals surface area contributed by atoms with E-state index in [4.69, 9.17) is 0 Å². The van der Waals surface area contributed by atoms with Gasteiger partial charge < -0.3 is 0 Å². The molecule has 0 fully saturated rings. The molecular weight excluding hydrogens is 310 g/mol.